The van der Waals surface area contributed by atoms with Gasteiger partial charge in [0, 0.05) is 4.90 Å². The molecule has 0 atom stereocenters. The van der Waals surface area contributed by atoms with Crippen LogP contribution in [-0.4, -0.2) is 14.7 Å². The van der Waals surface area contributed by atoms with Gasteiger partial charge in [-0.15, -0.1) is 11.8 Å². The highest BCUT2D eigenvalue weighted by molar-refractivity contribution is 7.99. The van der Waals surface area contributed by atoms with Crippen LogP contribution in [-0.2, 0) is 15.8 Å². The molecule has 0 aromatic heterocycles. The van der Waals surface area contributed by atoms with Crippen molar-refractivity contribution < 1.29 is 8.42 Å². The van der Waals surface area contributed by atoms with E-state index in [0.29, 0.717) is 5.69 Å². The van der Waals surface area contributed by atoms with Gasteiger partial charge >= 0.3 is 0 Å². The zero-order chi connectivity index (χ0) is 13.7. The van der Waals surface area contributed by atoms with Gasteiger partial charge in [0.15, 0.2) is 0 Å². The summed E-state index contributed by atoms with van der Waals surface area (Å²) in [6.07, 6.45) is 1.92. The summed E-state index contributed by atoms with van der Waals surface area (Å²) in [7, 11) is -3.38. The molecule has 0 amide bonds. The molecule has 0 aliphatic carbocycles. The third-order valence-corrected chi connectivity index (χ3v) is 4.61. The van der Waals surface area contributed by atoms with E-state index in [4.69, 9.17) is 0 Å². The molecule has 19 heavy (non-hydrogen) atoms. The van der Waals surface area contributed by atoms with Crippen molar-refractivity contribution in [1.29, 1.82) is 0 Å². The highest BCUT2D eigenvalue weighted by atomic mass is 32.2. The van der Waals surface area contributed by atoms with Crippen molar-refractivity contribution in [2.24, 2.45) is 0 Å². The van der Waals surface area contributed by atoms with Gasteiger partial charge in [-0.3, -0.25) is 4.72 Å². The van der Waals surface area contributed by atoms with E-state index in [-0.39, 0.29) is 5.75 Å². The van der Waals surface area contributed by atoms with Gasteiger partial charge in [-0.2, -0.15) is 0 Å². The van der Waals surface area contributed by atoms with Crippen molar-refractivity contribution >= 4 is 27.5 Å². The molecule has 2 rings (SSSR count). The Hall–Kier alpha value is -1.46. The minimum absolute atomic E-state index is 0.0173. The summed E-state index contributed by atoms with van der Waals surface area (Å²) >= 11 is 1.52. The predicted octanol–water partition coefficient (Wildman–Crippen LogP) is 3.35. The first-order chi connectivity index (χ1) is 9.11. The number of rotatable bonds is 5. The maximum Gasteiger partial charge on any atom is 0.236 e. The van der Waals surface area contributed by atoms with Crippen molar-refractivity contribution in [2.75, 3.05) is 11.0 Å². The molecule has 5 heteroatoms. The molecule has 0 saturated carbocycles. The second-order valence-electron chi connectivity index (χ2n) is 4.05. The molecule has 0 spiro atoms. The van der Waals surface area contributed by atoms with Crippen LogP contribution in [0.4, 0.5) is 5.69 Å². The Morgan fingerprint density at radius 3 is 2.32 bits per heavy atom. The molecule has 0 aliphatic heterocycles. The van der Waals surface area contributed by atoms with Gasteiger partial charge in [0.25, 0.3) is 0 Å². The largest absolute Gasteiger partial charge is 0.282 e. The standard InChI is InChI=1S/C14H15NO2S2/c1-18-14-10-6-5-9-13(14)15-19(16,17)11-12-7-3-2-4-8-12/h2-10,15H,11H2,1H3. The van der Waals surface area contributed by atoms with Gasteiger partial charge in [-0.25, -0.2) is 8.42 Å². The van der Waals surface area contributed by atoms with Crippen molar-refractivity contribution in [3.05, 3.63) is 60.2 Å². The lowest BCUT2D eigenvalue weighted by Gasteiger charge is -2.11. The van der Waals surface area contributed by atoms with E-state index in [1.807, 2.05) is 42.7 Å². The molecular formula is C14H15NO2S2. The molecule has 2 aromatic rings. The van der Waals surface area contributed by atoms with Gasteiger partial charge in [0.2, 0.25) is 10.0 Å². The summed E-state index contributed by atoms with van der Waals surface area (Å²) in [5.41, 5.74) is 1.41. The minimum atomic E-state index is -3.38. The number of benzene rings is 2. The molecule has 0 saturated heterocycles. The van der Waals surface area contributed by atoms with Crippen molar-refractivity contribution in [3.8, 4) is 0 Å². The summed E-state index contributed by atoms with van der Waals surface area (Å²) in [5, 5.41) is 0. The Balaban J connectivity index is 2.18. The first-order valence-corrected chi connectivity index (χ1v) is 8.66. The number of thioether (sulfide) groups is 1. The van der Waals surface area contributed by atoms with E-state index >= 15 is 0 Å². The van der Waals surface area contributed by atoms with Gasteiger partial charge in [0.1, 0.15) is 0 Å². The summed E-state index contributed by atoms with van der Waals surface area (Å²) in [4.78, 5) is 0.916. The fourth-order valence-electron chi connectivity index (χ4n) is 1.73. The average molecular weight is 293 g/mol. The van der Waals surface area contributed by atoms with Crippen LogP contribution in [0.5, 0.6) is 0 Å². The number of hydrogen-bond donors (Lipinski definition) is 1. The van der Waals surface area contributed by atoms with Gasteiger partial charge < -0.3 is 0 Å². The van der Waals surface area contributed by atoms with Gasteiger partial charge in [-0.05, 0) is 24.0 Å². The van der Waals surface area contributed by atoms with Crippen LogP contribution >= 0.6 is 11.8 Å². The molecule has 0 bridgehead atoms. The van der Waals surface area contributed by atoms with E-state index in [1.54, 1.807) is 18.2 Å². The molecule has 1 N–H and O–H groups in total. The molecule has 0 heterocycles. The second-order valence-corrected chi connectivity index (χ2v) is 6.62. The fraction of sp³-hybridized carbons (Fsp3) is 0.143. The topological polar surface area (TPSA) is 46.2 Å². The Morgan fingerprint density at radius 2 is 1.63 bits per heavy atom. The molecule has 2 aromatic carbocycles. The summed E-state index contributed by atoms with van der Waals surface area (Å²) in [5.74, 6) is -0.0173. The Morgan fingerprint density at radius 1 is 1.00 bits per heavy atom. The number of nitrogens with one attached hydrogen (secondary N) is 1. The smallest absolute Gasteiger partial charge is 0.236 e. The van der Waals surface area contributed by atoms with Crippen LogP contribution in [0.15, 0.2) is 59.5 Å². The number of anilines is 1. The van der Waals surface area contributed by atoms with E-state index in [2.05, 4.69) is 4.72 Å². The third kappa shape index (κ3) is 4.01. The summed E-state index contributed by atoms with van der Waals surface area (Å²) in [6.45, 7) is 0. The van der Waals surface area contributed by atoms with Crippen molar-refractivity contribution in [2.45, 2.75) is 10.6 Å². The van der Waals surface area contributed by atoms with E-state index < -0.39 is 10.0 Å². The minimum Gasteiger partial charge on any atom is -0.282 e. The SMILES string of the molecule is CSc1ccccc1NS(=O)(=O)Cc1ccccc1. The van der Waals surface area contributed by atoms with Crippen LogP contribution < -0.4 is 4.72 Å². The molecule has 100 valence electrons. The van der Waals surface area contributed by atoms with E-state index in [1.165, 1.54) is 11.8 Å². The molecule has 0 fully saturated rings. The molecule has 0 radical (unpaired) electrons. The monoisotopic (exact) mass is 293 g/mol. The highest BCUT2D eigenvalue weighted by Crippen LogP contribution is 2.26. The lowest BCUT2D eigenvalue weighted by atomic mass is 10.2. The number of sulfonamides is 1. The number of para-hydroxylation sites is 1. The van der Waals surface area contributed by atoms with Gasteiger partial charge in [0.05, 0.1) is 11.4 Å². The maximum absolute atomic E-state index is 12.1. The zero-order valence-corrected chi connectivity index (χ0v) is 12.2. The quantitative estimate of drug-likeness (QED) is 0.860. The first-order valence-electron chi connectivity index (χ1n) is 5.78. The van der Waals surface area contributed by atoms with Crippen LogP contribution in [0.2, 0.25) is 0 Å². The molecule has 0 aliphatic rings. The maximum atomic E-state index is 12.1. The number of hydrogen-bond acceptors (Lipinski definition) is 3. The van der Waals surface area contributed by atoms with E-state index in [0.717, 1.165) is 10.5 Å². The van der Waals surface area contributed by atoms with Crippen molar-refractivity contribution in [1.82, 2.24) is 0 Å². The van der Waals surface area contributed by atoms with E-state index in [9.17, 15) is 8.42 Å². The van der Waals surface area contributed by atoms with Gasteiger partial charge in [-0.1, -0.05) is 42.5 Å². The molecule has 0 unspecified atom stereocenters. The lowest BCUT2D eigenvalue weighted by Crippen LogP contribution is -2.15. The summed E-state index contributed by atoms with van der Waals surface area (Å²) in [6, 6.07) is 16.5. The Labute approximate surface area is 118 Å². The highest BCUT2D eigenvalue weighted by Gasteiger charge is 2.13. The first kappa shape index (κ1) is 14.0. The average Bonchev–Trinajstić information content (AvgIpc) is 2.39. The zero-order valence-electron chi connectivity index (χ0n) is 10.5. The predicted molar refractivity (Wildman–Crippen MR) is 80.9 cm³/mol. The lowest BCUT2D eigenvalue weighted by molar-refractivity contribution is 0.600. The molecule has 3 nitrogen and oxygen atoms in total. The normalized spacial score (nSPS) is 11.2. The van der Waals surface area contributed by atoms with Crippen LogP contribution in [0, 0.1) is 0 Å². The van der Waals surface area contributed by atoms with Crippen molar-refractivity contribution in [3.63, 3.8) is 0 Å². The van der Waals surface area contributed by atoms with Crippen LogP contribution in [0.25, 0.3) is 0 Å². The Kier molecular flexibility index (Phi) is 4.50. The fourth-order valence-corrected chi connectivity index (χ4v) is 3.56. The second kappa shape index (κ2) is 6.12. The Bertz CT molecular complexity index is 640. The summed E-state index contributed by atoms with van der Waals surface area (Å²) < 4.78 is 26.9. The third-order valence-electron chi connectivity index (χ3n) is 2.57. The van der Waals surface area contributed by atoms with Crippen LogP contribution in [0.3, 0.4) is 0 Å². The molecular weight excluding hydrogens is 278 g/mol. The van der Waals surface area contributed by atoms with Crippen LogP contribution in [0.1, 0.15) is 5.56 Å².